The number of piperidine rings is 1. The maximum absolute atomic E-state index is 13.9. The van der Waals surface area contributed by atoms with Crippen LogP contribution in [-0.2, 0) is 4.79 Å². The Hall–Kier alpha value is -4.25. The van der Waals surface area contributed by atoms with Gasteiger partial charge in [0.05, 0.1) is 12.1 Å². The molecule has 194 valence electrons. The number of nitrogens with zero attached hydrogens (tertiary/aromatic N) is 3. The first-order valence-corrected chi connectivity index (χ1v) is 11.7. The molecule has 1 aliphatic rings. The molecule has 4 rings (SSSR count). The Balaban J connectivity index is 1.59. The summed E-state index contributed by atoms with van der Waals surface area (Å²) in [5.74, 6) is -2.30. The molecule has 5 N–H and O–H groups in total. The second-order valence-electron chi connectivity index (χ2n) is 8.80. The molecule has 3 aromatic rings. The van der Waals surface area contributed by atoms with Crippen molar-refractivity contribution in [3.05, 3.63) is 71.8 Å². The van der Waals surface area contributed by atoms with Crippen LogP contribution in [0.2, 0.25) is 0 Å². The Bertz CT molecular complexity index is 1340. The lowest BCUT2D eigenvalue weighted by Gasteiger charge is -2.32. The Kier molecular flexibility index (Phi) is 7.53. The molecular weight excluding hydrogens is 484 g/mol. The third-order valence-electron chi connectivity index (χ3n) is 6.01. The van der Waals surface area contributed by atoms with Crippen LogP contribution in [0.3, 0.4) is 0 Å². The maximum Gasteiger partial charge on any atom is 0.254 e. The molecule has 1 saturated heterocycles. The summed E-state index contributed by atoms with van der Waals surface area (Å²) < 4.78 is 34.1. The van der Waals surface area contributed by atoms with E-state index in [4.69, 9.17) is 16.2 Å². The van der Waals surface area contributed by atoms with Crippen LogP contribution >= 0.6 is 0 Å². The molecule has 11 heteroatoms. The minimum atomic E-state index is -0.840. The number of aliphatic hydroxyl groups excluding tert-OH is 1. The molecule has 0 spiro atoms. The number of aliphatic hydroxyl groups is 1. The number of hydrogen-bond donors (Lipinski definition) is 3. The van der Waals surface area contributed by atoms with Crippen molar-refractivity contribution in [3.63, 3.8) is 0 Å². The van der Waals surface area contributed by atoms with Crippen molar-refractivity contribution < 1.29 is 28.2 Å². The summed E-state index contributed by atoms with van der Waals surface area (Å²) in [7, 11) is 0. The summed E-state index contributed by atoms with van der Waals surface area (Å²) in [5.41, 5.74) is 12.8. The van der Waals surface area contributed by atoms with Crippen LogP contribution in [0.1, 0.15) is 36.2 Å². The highest BCUT2D eigenvalue weighted by molar-refractivity contribution is 6.03. The third kappa shape index (κ3) is 5.78. The van der Waals surface area contributed by atoms with Gasteiger partial charge < -0.3 is 26.2 Å². The number of hydrogen-bond acceptors (Lipinski definition) is 6. The van der Waals surface area contributed by atoms with Crippen LogP contribution in [0.15, 0.2) is 54.6 Å². The topological polar surface area (TPSA) is 137 Å². The fraction of sp³-hybridized carbons (Fsp3) is 0.269. The number of ether oxygens (including phenoxy) is 1. The SMILES string of the molecule is C[C@@H](O)/C=C/C(=O)N1CCCC(n2nc(-c3ccc(Oc4ccc(F)cc4F)cc3)c(C(N)=O)c2N)C1. The van der Waals surface area contributed by atoms with Gasteiger partial charge in [-0.2, -0.15) is 5.10 Å². The van der Waals surface area contributed by atoms with Crippen molar-refractivity contribution in [2.45, 2.75) is 31.9 Å². The summed E-state index contributed by atoms with van der Waals surface area (Å²) in [5, 5.41) is 14.0. The van der Waals surface area contributed by atoms with Crippen LogP contribution in [-0.4, -0.2) is 50.8 Å². The number of carbonyl (C=O) groups excluding carboxylic acids is 2. The Morgan fingerprint density at radius 1 is 1.22 bits per heavy atom. The zero-order valence-electron chi connectivity index (χ0n) is 20.1. The minimum Gasteiger partial charge on any atom is -0.454 e. The van der Waals surface area contributed by atoms with Crippen LogP contribution in [0, 0.1) is 11.6 Å². The summed E-state index contributed by atoms with van der Waals surface area (Å²) in [6.45, 7) is 2.43. The lowest BCUT2D eigenvalue weighted by atomic mass is 10.1. The van der Waals surface area contributed by atoms with Gasteiger partial charge in [0.1, 0.15) is 28.6 Å². The van der Waals surface area contributed by atoms with Crippen LogP contribution < -0.4 is 16.2 Å². The number of rotatable bonds is 7. The summed E-state index contributed by atoms with van der Waals surface area (Å²) >= 11 is 0. The Morgan fingerprint density at radius 2 is 1.95 bits per heavy atom. The lowest BCUT2D eigenvalue weighted by molar-refractivity contribution is -0.127. The average Bonchev–Trinajstić information content (AvgIpc) is 3.22. The molecule has 0 aliphatic carbocycles. The number of nitrogens with two attached hydrogens (primary N) is 2. The van der Waals surface area contributed by atoms with Crippen molar-refractivity contribution in [1.82, 2.24) is 14.7 Å². The number of benzene rings is 2. The summed E-state index contributed by atoms with van der Waals surface area (Å²) in [6, 6.07) is 9.05. The van der Waals surface area contributed by atoms with E-state index in [9.17, 15) is 23.5 Å². The lowest BCUT2D eigenvalue weighted by Crippen LogP contribution is -2.40. The normalized spacial score (nSPS) is 16.6. The standard InChI is InChI=1S/C26H27F2N5O4/c1-15(34)4-11-22(35)32-12-2-3-18(14-32)33-25(29)23(26(30)36)24(31-33)16-5-8-19(9-6-16)37-21-10-7-17(27)13-20(21)28/h4-11,13,15,18,34H,2-3,12,14,29H2,1H3,(H2,30,36)/b11-4+/t15-,18?/m1/s1. The number of halogens is 2. The zero-order chi connectivity index (χ0) is 26.7. The van der Waals surface area contributed by atoms with Gasteiger partial charge in [0.2, 0.25) is 5.91 Å². The molecule has 37 heavy (non-hydrogen) atoms. The van der Waals surface area contributed by atoms with E-state index in [1.807, 2.05) is 0 Å². The van der Waals surface area contributed by atoms with E-state index < -0.39 is 23.6 Å². The smallest absolute Gasteiger partial charge is 0.254 e. The van der Waals surface area contributed by atoms with Crippen molar-refractivity contribution in [1.29, 1.82) is 0 Å². The first kappa shape index (κ1) is 25.8. The van der Waals surface area contributed by atoms with Crippen LogP contribution in [0.5, 0.6) is 11.5 Å². The second-order valence-corrected chi connectivity index (χ2v) is 8.80. The number of aromatic nitrogens is 2. The number of nitrogen functional groups attached to an aromatic ring is 1. The molecule has 9 nitrogen and oxygen atoms in total. The van der Waals surface area contributed by atoms with E-state index in [-0.39, 0.29) is 40.5 Å². The number of amides is 2. The van der Waals surface area contributed by atoms with Gasteiger partial charge in [-0.05, 0) is 56.2 Å². The van der Waals surface area contributed by atoms with Gasteiger partial charge in [0, 0.05) is 30.8 Å². The van der Waals surface area contributed by atoms with E-state index in [1.165, 1.54) is 22.9 Å². The third-order valence-corrected chi connectivity index (χ3v) is 6.01. The highest BCUT2D eigenvalue weighted by Gasteiger charge is 2.29. The van der Waals surface area contributed by atoms with Crippen LogP contribution in [0.4, 0.5) is 14.6 Å². The highest BCUT2D eigenvalue weighted by Crippen LogP contribution is 2.33. The molecule has 1 aromatic heterocycles. The molecule has 0 radical (unpaired) electrons. The number of likely N-dealkylation sites (tertiary alicyclic amines) is 1. The van der Waals surface area contributed by atoms with Gasteiger partial charge >= 0.3 is 0 Å². The van der Waals surface area contributed by atoms with Gasteiger partial charge in [-0.25, -0.2) is 13.5 Å². The monoisotopic (exact) mass is 511 g/mol. The largest absolute Gasteiger partial charge is 0.454 e. The fourth-order valence-corrected chi connectivity index (χ4v) is 4.22. The molecule has 1 fully saturated rings. The van der Waals surface area contributed by atoms with Crippen molar-refractivity contribution in [2.75, 3.05) is 18.8 Å². The molecule has 1 unspecified atom stereocenters. The van der Waals surface area contributed by atoms with Crippen LogP contribution in [0.25, 0.3) is 11.3 Å². The molecule has 2 amide bonds. The Morgan fingerprint density at radius 3 is 2.59 bits per heavy atom. The van der Waals surface area contributed by atoms with E-state index in [0.717, 1.165) is 12.1 Å². The highest BCUT2D eigenvalue weighted by atomic mass is 19.1. The average molecular weight is 512 g/mol. The quantitative estimate of drug-likeness (QED) is 0.416. The van der Waals surface area contributed by atoms with Gasteiger partial charge in [-0.15, -0.1) is 0 Å². The molecule has 0 saturated carbocycles. The molecule has 2 heterocycles. The predicted octanol–water partition coefficient (Wildman–Crippen LogP) is 3.40. The van der Waals surface area contributed by atoms with E-state index >= 15 is 0 Å². The zero-order valence-corrected chi connectivity index (χ0v) is 20.1. The van der Waals surface area contributed by atoms with E-state index in [0.29, 0.717) is 31.5 Å². The number of primary amides is 1. The number of carbonyl (C=O) groups is 2. The van der Waals surface area contributed by atoms with E-state index in [1.54, 1.807) is 36.1 Å². The van der Waals surface area contributed by atoms with Crippen molar-refractivity contribution in [2.24, 2.45) is 5.73 Å². The molecule has 2 atom stereocenters. The van der Waals surface area contributed by atoms with Gasteiger partial charge in [-0.3, -0.25) is 9.59 Å². The molecule has 2 aromatic carbocycles. The van der Waals surface area contributed by atoms with Gasteiger partial charge in [-0.1, -0.05) is 6.08 Å². The van der Waals surface area contributed by atoms with E-state index in [2.05, 4.69) is 5.10 Å². The first-order chi connectivity index (χ1) is 17.6. The fourth-order valence-electron chi connectivity index (χ4n) is 4.22. The molecule has 1 aliphatic heterocycles. The van der Waals surface area contributed by atoms with Crippen molar-refractivity contribution >= 4 is 17.6 Å². The first-order valence-electron chi connectivity index (χ1n) is 11.7. The minimum absolute atomic E-state index is 0.0516. The summed E-state index contributed by atoms with van der Waals surface area (Å²) in [4.78, 5) is 26.4. The van der Waals surface area contributed by atoms with Crippen molar-refractivity contribution in [3.8, 4) is 22.8 Å². The predicted molar refractivity (Wildman–Crippen MR) is 133 cm³/mol. The maximum atomic E-state index is 13.9. The second kappa shape index (κ2) is 10.8. The van der Waals surface area contributed by atoms with Gasteiger partial charge in [0.15, 0.2) is 11.6 Å². The number of anilines is 1. The molecule has 0 bridgehead atoms. The Labute approximate surface area is 211 Å². The summed E-state index contributed by atoms with van der Waals surface area (Å²) in [6.07, 6.45) is 3.39. The molecular formula is C26H27F2N5O4. The van der Waals surface area contributed by atoms with Gasteiger partial charge in [0.25, 0.3) is 5.91 Å².